The maximum atomic E-state index is 12.4. The van der Waals surface area contributed by atoms with E-state index in [1.54, 1.807) is 7.11 Å². The van der Waals surface area contributed by atoms with Gasteiger partial charge in [0.25, 0.3) is 5.91 Å². The summed E-state index contributed by atoms with van der Waals surface area (Å²) in [5.41, 5.74) is 1.17. The van der Waals surface area contributed by atoms with Crippen LogP contribution in [-0.2, 0) is 9.53 Å². The average Bonchev–Trinajstić information content (AvgIpc) is 2.62. The standard InChI is InChI=1S/C16H23N3O3/c1-21-14-4-2-13(3-5-14)18-7-9-19(10-8-18)16(20)15-12-17-6-11-22-15/h2-5,15,17H,6-12H2,1H3/t15-/m0/s1. The Morgan fingerprint density at radius 3 is 2.55 bits per heavy atom. The van der Waals surface area contributed by atoms with E-state index in [0.717, 1.165) is 38.5 Å². The number of hydrogen-bond acceptors (Lipinski definition) is 5. The highest BCUT2D eigenvalue weighted by atomic mass is 16.5. The van der Waals surface area contributed by atoms with Crippen LogP contribution in [0.5, 0.6) is 5.75 Å². The van der Waals surface area contributed by atoms with Gasteiger partial charge < -0.3 is 24.6 Å². The van der Waals surface area contributed by atoms with Crippen molar-refractivity contribution in [2.45, 2.75) is 6.10 Å². The fourth-order valence-electron chi connectivity index (χ4n) is 2.91. The second-order valence-corrected chi connectivity index (χ2v) is 5.57. The number of ether oxygens (including phenoxy) is 2. The van der Waals surface area contributed by atoms with Gasteiger partial charge in [0.05, 0.1) is 13.7 Å². The zero-order valence-corrected chi connectivity index (χ0v) is 13.0. The van der Waals surface area contributed by atoms with Gasteiger partial charge in [0.2, 0.25) is 0 Å². The second kappa shape index (κ2) is 6.98. The molecule has 1 atom stereocenters. The van der Waals surface area contributed by atoms with E-state index in [4.69, 9.17) is 9.47 Å². The molecule has 0 bridgehead atoms. The summed E-state index contributed by atoms with van der Waals surface area (Å²) in [6, 6.07) is 8.05. The molecular formula is C16H23N3O3. The molecule has 0 aromatic heterocycles. The van der Waals surface area contributed by atoms with Crippen molar-refractivity contribution in [3.63, 3.8) is 0 Å². The first-order valence-electron chi connectivity index (χ1n) is 7.78. The molecule has 0 unspecified atom stereocenters. The molecule has 1 aromatic carbocycles. The van der Waals surface area contributed by atoms with Crippen LogP contribution in [0.15, 0.2) is 24.3 Å². The van der Waals surface area contributed by atoms with E-state index in [1.165, 1.54) is 5.69 Å². The Hall–Kier alpha value is -1.79. The van der Waals surface area contributed by atoms with Gasteiger partial charge in [-0.05, 0) is 24.3 Å². The molecule has 6 nitrogen and oxygen atoms in total. The highest BCUT2D eigenvalue weighted by Crippen LogP contribution is 2.20. The van der Waals surface area contributed by atoms with Gasteiger partial charge in [0.15, 0.2) is 0 Å². The maximum absolute atomic E-state index is 12.4. The molecule has 0 radical (unpaired) electrons. The Bertz CT molecular complexity index is 492. The summed E-state index contributed by atoms with van der Waals surface area (Å²) in [5.74, 6) is 0.973. The monoisotopic (exact) mass is 305 g/mol. The van der Waals surface area contributed by atoms with Crippen molar-refractivity contribution in [3.8, 4) is 5.75 Å². The van der Waals surface area contributed by atoms with Crippen molar-refractivity contribution in [3.05, 3.63) is 24.3 Å². The molecule has 2 fully saturated rings. The molecule has 0 aliphatic carbocycles. The van der Waals surface area contributed by atoms with Crippen molar-refractivity contribution in [2.24, 2.45) is 0 Å². The van der Waals surface area contributed by atoms with Crippen molar-refractivity contribution >= 4 is 11.6 Å². The number of carbonyl (C=O) groups is 1. The third-order valence-corrected chi connectivity index (χ3v) is 4.23. The zero-order valence-electron chi connectivity index (χ0n) is 13.0. The number of carbonyl (C=O) groups excluding carboxylic acids is 1. The van der Waals surface area contributed by atoms with Gasteiger partial charge in [-0.2, -0.15) is 0 Å². The van der Waals surface area contributed by atoms with Gasteiger partial charge in [-0.1, -0.05) is 0 Å². The minimum atomic E-state index is -0.318. The molecule has 1 aromatic rings. The van der Waals surface area contributed by atoms with Crippen LogP contribution in [0.25, 0.3) is 0 Å². The van der Waals surface area contributed by atoms with Crippen LogP contribution < -0.4 is 15.0 Å². The molecule has 0 saturated carbocycles. The lowest BCUT2D eigenvalue weighted by atomic mass is 10.2. The summed E-state index contributed by atoms with van der Waals surface area (Å²) in [7, 11) is 1.67. The van der Waals surface area contributed by atoms with Crippen molar-refractivity contribution in [2.75, 3.05) is 57.9 Å². The molecule has 6 heteroatoms. The molecule has 2 saturated heterocycles. The number of amides is 1. The van der Waals surface area contributed by atoms with Crippen LogP contribution in [0, 0.1) is 0 Å². The first-order valence-corrected chi connectivity index (χ1v) is 7.78. The summed E-state index contributed by atoms with van der Waals surface area (Å²) in [5, 5.41) is 3.21. The van der Waals surface area contributed by atoms with Crippen molar-refractivity contribution < 1.29 is 14.3 Å². The number of anilines is 1. The fourth-order valence-corrected chi connectivity index (χ4v) is 2.91. The number of nitrogens with zero attached hydrogens (tertiary/aromatic N) is 2. The largest absolute Gasteiger partial charge is 0.497 e. The molecule has 1 amide bonds. The van der Waals surface area contributed by atoms with E-state index in [-0.39, 0.29) is 12.0 Å². The first-order chi connectivity index (χ1) is 10.8. The molecular weight excluding hydrogens is 282 g/mol. The van der Waals surface area contributed by atoms with Crippen LogP contribution in [0.2, 0.25) is 0 Å². The Kier molecular flexibility index (Phi) is 4.80. The van der Waals surface area contributed by atoms with Crippen LogP contribution in [0.3, 0.4) is 0 Å². The topological polar surface area (TPSA) is 54.0 Å². The molecule has 120 valence electrons. The predicted molar refractivity (Wildman–Crippen MR) is 84.4 cm³/mol. The number of methoxy groups -OCH3 is 1. The molecule has 0 spiro atoms. The summed E-state index contributed by atoms with van der Waals surface area (Å²) in [6.07, 6.45) is -0.318. The highest BCUT2D eigenvalue weighted by molar-refractivity contribution is 5.81. The molecule has 1 N–H and O–H groups in total. The summed E-state index contributed by atoms with van der Waals surface area (Å²) < 4.78 is 10.7. The minimum Gasteiger partial charge on any atom is -0.497 e. The lowest BCUT2D eigenvalue weighted by Crippen LogP contribution is -2.55. The van der Waals surface area contributed by atoms with Gasteiger partial charge in [0.1, 0.15) is 11.9 Å². The number of morpholine rings is 1. The number of piperazine rings is 1. The van der Waals surface area contributed by atoms with Gasteiger partial charge in [0, 0.05) is 45.0 Å². The number of benzene rings is 1. The number of hydrogen-bond donors (Lipinski definition) is 1. The van der Waals surface area contributed by atoms with Gasteiger partial charge in [-0.25, -0.2) is 0 Å². The van der Waals surface area contributed by atoms with Crippen molar-refractivity contribution in [1.29, 1.82) is 0 Å². The lowest BCUT2D eigenvalue weighted by Gasteiger charge is -2.38. The average molecular weight is 305 g/mol. The smallest absolute Gasteiger partial charge is 0.253 e. The zero-order chi connectivity index (χ0) is 15.4. The van der Waals surface area contributed by atoms with Crippen LogP contribution in [0.1, 0.15) is 0 Å². The van der Waals surface area contributed by atoms with E-state index >= 15 is 0 Å². The second-order valence-electron chi connectivity index (χ2n) is 5.57. The Morgan fingerprint density at radius 2 is 1.95 bits per heavy atom. The van der Waals surface area contributed by atoms with Gasteiger partial charge in [-0.3, -0.25) is 4.79 Å². The van der Waals surface area contributed by atoms with Crippen LogP contribution in [0.4, 0.5) is 5.69 Å². The maximum Gasteiger partial charge on any atom is 0.253 e. The fraction of sp³-hybridized carbons (Fsp3) is 0.562. The summed E-state index contributed by atoms with van der Waals surface area (Å²) >= 11 is 0. The van der Waals surface area contributed by atoms with Gasteiger partial charge >= 0.3 is 0 Å². The predicted octanol–water partition coefficient (Wildman–Crippen LogP) is 0.332. The Morgan fingerprint density at radius 1 is 1.23 bits per heavy atom. The van der Waals surface area contributed by atoms with E-state index in [1.807, 2.05) is 17.0 Å². The van der Waals surface area contributed by atoms with Crippen LogP contribution >= 0.6 is 0 Å². The number of nitrogens with one attached hydrogen (secondary N) is 1. The number of rotatable bonds is 3. The lowest BCUT2D eigenvalue weighted by molar-refractivity contribution is -0.145. The van der Waals surface area contributed by atoms with Crippen molar-refractivity contribution in [1.82, 2.24) is 10.2 Å². The van der Waals surface area contributed by atoms with E-state index in [0.29, 0.717) is 13.2 Å². The molecule has 3 rings (SSSR count). The molecule has 2 heterocycles. The minimum absolute atomic E-state index is 0.113. The Balaban J connectivity index is 1.54. The molecule has 22 heavy (non-hydrogen) atoms. The quantitative estimate of drug-likeness (QED) is 0.872. The van der Waals surface area contributed by atoms with Crippen LogP contribution in [-0.4, -0.2) is 69.9 Å². The Labute approximate surface area is 131 Å². The highest BCUT2D eigenvalue weighted by Gasteiger charge is 2.29. The third-order valence-electron chi connectivity index (χ3n) is 4.23. The third kappa shape index (κ3) is 3.34. The van der Waals surface area contributed by atoms with E-state index in [2.05, 4.69) is 22.3 Å². The first kappa shape index (κ1) is 15.1. The SMILES string of the molecule is COc1ccc(N2CCN(C(=O)[C@@H]3CNCCO3)CC2)cc1. The molecule has 2 aliphatic rings. The van der Waals surface area contributed by atoms with E-state index < -0.39 is 0 Å². The molecule has 2 aliphatic heterocycles. The normalized spacial score (nSPS) is 22.5. The van der Waals surface area contributed by atoms with E-state index in [9.17, 15) is 4.79 Å². The summed E-state index contributed by atoms with van der Waals surface area (Å²) in [6.45, 7) is 5.24. The van der Waals surface area contributed by atoms with Gasteiger partial charge in [-0.15, -0.1) is 0 Å². The summed E-state index contributed by atoms with van der Waals surface area (Å²) in [4.78, 5) is 16.6.